The second kappa shape index (κ2) is 13.6. The number of carbonyl (C=O) groups is 2. The van der Waals surface area contributed by atoms with Crippen LogP contribution in [0.5, 0.6) is 0 Å². The van der Waals surface area contributed by atoms with Crippen molar-refractivity contribution in [2.75, 3.05) is 12.3 Å². The number of hydrogen-bond acceptors (Lipinski definition) is 3. The predicted molar refractivity (Wildman–Crippen MR) is 142 cm³/mol. The number of rotatable bonds is 12. The van der Waals surface area contributed by atoms with Crippen LogP contribution in [0.15, 0.2) is 84.9 Å². The molecule has 3 rings (SSSR count). The minimum Gasteiger partial charge on any atom is -0.355 e. The summed E-state index contributed by atoms with van der Waals surface area (Å²) in [6, 6.07) is 27.8. The number of aryl methyl sites for hydroxylation is 1. The molecule has 1 atom stereocenters. The fraction of sp³-hybridized carbons (Fsp3) is 0.310. The average molecular weight is 475 g/mol. The molecule has 178 valence electrons. The summed E-state index contributed by atoms with van der Waals surface area (Å²) in [5, 5.41) is 2.95. The van der Waals surface area contributed by atoms with E-state index in [1.54, 1.807) is 16.7 Å². The molecule has 0 radical (unpaired) electrons. The van der Waals surface area contributed by atoms with Crippen LogP contribution in [0.3, 0.4) is 0 Å². The SMILES string of the molecule is CCNC(=O)[C@H](Cc1ccccc1)N(Cc1cccc(C)c1)C(=O)CCSCc1ccccc1. The molecule has 0 bridgehead atoms. The van der Waals surface area contributed by atoms with Crippen molar-refractivity contribution in [2.24, 2.45) is 0 Å². The molecule has 0 aliphatic rings. The van der Waals surface area contributed by atoms with Gasteiger partial charge in [-0.15, -0.1) is 0 Å². The molecule has 3 aromatic carbocycles. The number of nitrogens with zero attached hydrogens (tertiary/aromatic N) is 1. The molecule has 0 unspecified atom stereocenters. The molecule has 2 amide bonds. The average Bonchev–Trinajstić information content (AvgIpc) is 2.85. The van der Waals surface area contributed by atoms with E-state index in [9.17, 15) is 9.59 Å². The Hall–Kier alpha value is -3.05. The lowest BCUT2D eigenvalue weighted by Crippen LogP contribution is -2.50. The molecule has 3 aromatic rings. The Morgan fingerprint density at radius 1 is 0.882 bits per heavy atom. The first kappa shape index (κ1) is 25.6. The van der Waals surface area contributed by atoms with E-state index in [0.717, 1.165) is 22.4 Å². The van der Waals surface area contributed by atoms with Crippen LogP contribution in [0.1, 0.15) is 35.6 Å². The monoisotopic (exact) mass is 474 g/mol. The van der Waals surface area contributed by atoms with E-state index in [1.807, 2.05) is 80.6 Å². The van der Waals surface area contributed by atoms with Crippen LogP contribution in [0.2, 0.25) is 0 Å². The van der Waals surface area contributed by atoms with Crippen LogP contribution < -0.4 is 5.32 Å². The minimum absolute atomic E-state index is 0.00857. The van der Waals surface area contributed by atoms with Crippen LogP contribution in [0.4, 0.5) is 0 Å². The molecule has 1 N–H and O–H groups in total. The van der Waals surface area contributed by atoms with E-state index >= 15 is 0 Å². The van der Waals surface area contributed by atoms with Crippen molar-refractivity contribution in [3.8, 4) is 0 Å². The van der Waals surface area contributed by atoms with E-state index in [1.165, 1.54) is 5.56 Å². The number of thioether (sulfide) groups is 1. The summed E-state index contributed by atoms with van der Waals surface area (Å²) >= 11 is 1.75. The molecule has 0 spiro atoms. The van der Waals surface area contributed by atoms with Crippen molar-refractivity contribution in [3.63, 3.8) is 0 Å². The lowest BCUT2D eigenvalue weighted by atomic mass is 10.0. The van der Waals surface area contributed by atoms with Gasteiger partial charge in [0.1, 0.15) is 6.04 Å². The number of likely N-dealkylation sites (N-methyl/N-ethyl adjacent to an activating group) is 1. The summed E-state index contributed by atoms with van der Waals surface area (Å²) in [7, 11) is 0. The minimum atomic E-state index is -0.561. The van der Waals surface area contributed by atoms with Gasteiger partial charge < -0.3 is 10.2 Å². The smallest absolute Gasteiger partial charge is 0.243 e. The van der Waals surface area contributed by atoms with E-state index in [-0.39, 0.29) is 11.8 Å². The highest BCUT2D eigenvalue weighted by Gasteiger charge is 2.29. The Morgan fingerprint density at radius 3 is 2.18 bits per heavy atom. The molecule has 5 heteroatoms. The number of carbonyl (C=O) groups excluding carboxylic acids is 2. The molecule has 0 saturated carbocycles. The van der Waals surface area contributed by atoms with Crippen molar-refractivity contribution in [1.82, 2.24) is 10.2 Å². The Labute approximate surface area is 207 Å². The van der Waals surface area contributed by atoms with E-state index < -0.39 is 6.04 Å². The second-order valence-electron chi connectivity index (χ2n) is 8.40. The lowest BCUT2D eigenvalue weighted by Gasteiger charge is -2.31. The maximum Gasteiger partial charge on any atom is 0.243 e. The van der Waals surface area contributed by atoms with Crippen molar-refractivity contribution < 1.29 is 9.59 Å². The van der Waals surface area contributed by atoms with Gasteiger partial charge in [-0.2, -0.15) is 11.8 Å². The van der Waals surface area contributed by atoms with Gasteiger partial charge in [-0.25, -0.2) is 0 Å². The molecule has 0 saturated heterocycles. The van der Waals surface area contributed by atoms with E-state index in [2.05, 4.69) is 23.5 Å². The van der Waals surface area contributed by atoms with Gasteiger partial charge in [-0.1, -0.05) is 90.5 Å². The Morgan fingerprint density at radius 2 is 1.53 bits per heavy atom. The fourth-order valence-corrected chi connectivity index (χ4v) is 4.81. The molecule has 0 heterocycles. The first-order valence-corrected chi connectivity index (χ1v) is 13.0. The summed E-state index contributed by atoms with van der Waals surface area (Å²) in [5.41, 5.74) is 4.47. The number of amides is 2. The topological polar surface area (TPSA) is 49.4 Å². The standard InChI is InChI=1S/C29H34N2O2S/c1-3-30-29(33)27(20-24-12-6-4-7-13-24)31(21-26-16-10-11-23(2)19-26)28(32)17-18-34-22-25-14-8-5-9-15-25/h4-16,19,27H,3,17-18,20-22H2,1-2H3,(H,30,33)/t27-/m0/s1. The zero-order chi connectivity index (χ0) is 24.2. The van der Waals surface area contributed by atoms with Crippen molar-refractivity contribution >= 4 is 23.6 Å². The van der Waals surface area contributed by atoms with Gasteiger partial charge in [0.2, 0.25) is 11.8 Å². The molecule has 4 nitrogen and oxygen atoms in total. The van der Waals surface area contributed by atoms with Crippen LogP contribution in [-0.4, -0.2) is 35.1 Å². The maximum absolute atomic E-state index is 13.5. The van der Waals surface area contributed by atoms with Crippen LogP contribution in [0, 0.1) is 6.92 Å². The lowest BCUT2D eigenvalue weighted by molar-refractivity contribution is -0.140. The van der Waals surface area contributed by atoms with Crippen LogP contribution in [-0.2, 0) is 28.3 Å². The fourth-order valence-electron chi connectivity index (χ4n) is 3.92. The first-order chi connectivity index (χ1) is 16.6. The largest absolute Gasteiger partial charge is 0.355 e. The number of nitrogens with one attached hydrogen (secondary N) is 1. The summed E-state index contributed by atoms with van der Waals surface area (Å²) in [6.45, 7) is 4.90. The number of benzene rings is 3. The maximum atomic E-state index is 13.5. The van der Waals surface area contributed by atoms with E-state index in [0.29, 0.717) is 31.7 Å². The highest BCUT2D eigenvalue weighted by Crippen LogP contribution is 2.19. The van der Waals surface area contributed by atoms with Gasteiger partial charge in [0, 0.05) is 37.4 Å². The molecular weight excluding hydrogens is 440 g/mol. The highest BCUT2D eigenvalue weighted by molar-refractivity contribution is 7.98. The predicted octanol–water partition coefficient (Wildman–Crippen LogP) is 5.39. The summed E-state index contributed by atoms with van der Waals surface area (Å²) in [4.78, 5) is 28.4. The van der Waals surface area contributed by atoms with Crippen LogP contribution in [0.25, 0.3) is 0 Å². The summed E-state index contributed by atoms with van der Waals surface area (Å²) < 4.78 is 0. The Bertz CT molecular complexity index is 1040. The van der Waals surface area contributed by atoms with Gasteiger partial charge in [0.05, 0.1) is 0 Å². The Balaban J connectivity index is 1.77. The number of hydrogen-bond donors (Lipinski definition) is 1. The molecule has 0 aliphatic carbocycles. The van der Waals surface area contributed by atoms with Gasteiger partial charge in [0.25, 0.3) is 0 Å². The normalized spacial score (nSPS) is 11.6. The molecule has 0 aliphatic heterocycles. The van der Waals surface area contributed by atoms with Gasteiger partial charge in [-0.3, -0.25) is 9.59 Å². The van der Waals surface area contributed by atoms with Crippen molar-refractivity contribution in [3.05, 3.63) is 107 Å². The highest BCUT2D eigenvalue weighted by atomic mass is 32.2. The second-order valence-corrected chi connectivity index (χ2v) is 9.50. The zero-order valence-electron chi connectivity index (χ0n) is 20.1. The van der Waals surface area contributed by atoms with Gasteiger partial charge in [-0.05, 0) is 30.5 Å². The third-order valence-corrected chi connectivity index (χ3v) is 6.66. The van der Waals surface area contributed by atoms with Crippen LogP contribution >= 0.6 is 11.8 Å². The summed E-state index contributed by atoms with van der Waals surface area (Å²) in [5.74, 6) is 1.49. The van der Waals surface area contributed by atoms with Crippen molar-refractivity contribution in [1.29, 1.82) is 0 Å². The third-order valence-electron chi connectivity index (χ3n) is 5.63. The van der Waals surface area contributed by atoms with E-state index in [4.69, 9.17) is 0 Å². The quantitative estimate of drug-likeness (QED) is 0.358. The third kappa shape index (κ3) is 8.07. The first-order valence-electron chi connectivity index (χ1n) is 11.8. The zero-order valence-corrected chi connectivity index (χ0v) is 20.9. The summed E-state index contributed by atoms with van der Waals surface area (Å²) in [6.07, 6.45) is 0.884. The Kier molecular flexibility index (Phi) is 10.2. The molecule has 0 aromatic heterocycles. The molecule has 34 heavy (non-hydrogen) atoms. The molecular formula is C29H34N2O2S. The molecule has 0 fully saturated rings. The van der Waals surface area contributed by atoms with Gasteiger partial charge in [0.15, 0.2) is 0 Å². The van der Waals surface area contributed by atoms with Gasteiger partial charge >= 0.3 is 0 Å². The van der Waals surface area contributed by atoms with Crippen molar-refractivity contribution in [2.45, 2.75) is 45.0 Å².